The van der Waals surface area contributed by atoms with Gasteiger partial charge in [-0.3, -0.25) is 4.79 Å². The van der Waals surface area contributed by atoms with Crippen LogP contribution in [-0.4, -0.2) is 24.6 Å². The van der Waals surface area contributed by atoms with Crippen LogP contribution in [0.15, 0.2) is 48.5 Å². The van der Waals surface area contributed by atoms with Crippen molar-refractivity contribution in [1.82, 2.24) is 0 Å². The van der Waals surface area contributed by atoms with Crippen LogP contribution in [0, 0.1) is 11.3 Å². The van der Waals surface area contributed by atoms with Crippen molar-refractivity contribution in [2.75, 3.05) is 11.9 Å². The van der Waals surface area contributed by atoms with Crippen LogP contribution in [0.4, 0.5) is 18.9 Å². The van der Waals surface area contributed by atoms with Gasteiger partial charge in [-0.25, -0.2) is 4.79 Å². The molecule has 28 heavy (non-hydrogen) atoms. The molecule has 0 fully saturated rings. The number of nitrogens with zero attached hydrogens (tertiary/aromatic N) is 1. The van der Waals surface area contributed by atoms with E-state index >= 15 is 0 Å². The maximum absolute atomic E-state index is 12.5. The standard InChI is InChI=1S/C19H15F3N2O4/c1-12(18(26)24-15-8-6-14(7-9-15)19(20,21)22)28-17(25)11-27-16-5-3-2-4-13(16)10-23/h2-9,12H,11H2,1H3,(H,24,26)/t12-/m0/s1. The minimum Gasteiger partial charge on any atom is -0.481 e. The van der Waals surface area contributed by atoms with Gasteiger partial charge in [-0.2, -0.15) is 18.4 Å². The fourth-order valence-corrected chi connectivity index (χ4v) is 2.09. The van der Waals surface area contributed by atoms with Crippen LogP contribution in [0.5, 0.6) is 5.75 Å². The molecule has 1 N–H and O–H groups in total. The number of nitriles is 1. The van der Waals surface area contributed by atoms with Crippen molar-refractivity contribution in [1.29, 1.82) is 5.26 Å². The van der Waals surface area contributed by atoms with Crippen molar-refractivity contribution in [3.8, 4) is 11.8 Å². The van der Waals surface area contributed by atoms with E-state index in [1.165, 1.54) is 19.1 Å². The molecule has 6 nitrogen and oxygen atoms in total. The fraction of sp³-hybridized carbons (Fsp3) is 0.211. The van der Waals surface area contributed by atoms with E-state index in [4.69, 9.17) is 14.7 Å². The van der Waals surface area contributed by atoms with E-state index in [9.17, 15) is 22.8 Å². The molecule has 9 heteroatoms. The molecule has 0 aromatic heterocycles. The molecule has 0 saturated heterocycles. The molecule has 2 aromatic carbocycles. The van der Waals surface area contributed by atoms with Gasteiger partial charge in [0.1, 0.15) is 11.8 Å². The Balaban J connectivity index is 1.86. The third kappa shape index (κ3) is 5.74. The van der Waals surface area contributed by atoms with Crippen molar-refractivity contribution in [3.63, 3.8) is 0 Å². The highest BCUT2D eigenvalue weighted by atomic mass is 19.4. The second kappa shape index (κ2) is 8.90. The number of carbonyl (C=O) groups is 2. The first-order valence-corrected chi connectivity index (χ1v) is 8.00. The van der Waals surface area contributed by atoms with Crippen LogP contribution in [0.25, 0.3) is 0 Å². The summed E-state index contributed by atoms with van der Waals surface area (Å²) in [6.45, 7) is 0.789. The highest BCUT2D eigenvalue weighted by Gasteiger charge is 2.30. The molecule has 0 aliphatic heterocycles. The number of hydrogen-bond acceptors (Lipinski definition) is 5. The van der Waals surface area contributed by atoms with Crippen molar-refractivity contribution in [2.45, 2.75) is 19.2 Å². The van der Waals surface area contributed by atoms with Crippen molar-refractivity contribution >= 4 is 17.6 Å². The highest BCUT2D eigenvalue weighted by Crippen LogP contribution is 2.29. The predicted octanol–water partition coefficient (Wildman–Crippen LogP) is 3.53. The second-order valence-corrected chi connectivity index (χ2v) is 5.59. The Labute approximate surface area is 158 Å². The largest absolute Gasteiger partial charge is 0.481 e. The summed E-state index contributed by atoms with van der Waals surface area (Å²) < 4.78 is 47.7. The number of esters is 1. The monoisotopic (exact) mass is 392 g/mol. The maximum atomic E-state index is 12.5. The molecule has 0 radical (unpaired) electrons. The third-order valence-electron chi connectivity index (χ3n) is 3.51. The molecule has 1 amide bonds. The number of para-hydroxylation sites is 1. The molecule has 0 spiro atoms. The van der Waals surface area contributed by atoms with Gasteiger partial charge in [-0.1, -0.05) is 12.1 Å². The van der Waals surface area contributed by atoms with Gasteiger partial charge >= 0.3 is 12.1 Å². The van der Waals surface area contributed by atoms with Gasteiger partial charge in [0, 0.05) is 5.69 Å². The molecule has 146 valence electrons. The Hall–Kier alpha value is -3.54. The number of nitrogens with one attached hydrogen (secondary N) is 1. The summed E-state index contributed by atoms with van der Waals surface area (Å²) in [5.41, 5.74) is -0.483. The number of hydrogen-bond donors (Lipinski definition) is 1. The number of amides is 1. The smallest absolute Gasteiger partial charge is 0.416 e. The van der Waals surface area contributed by atoms with Crippen molar-refractivity contribution in [3.05, 3.63) is 59.7 Å². The number of alkyl halides is 3. The number of anilines is 1. The van der Waals surface area contributed by atoms with Gasteiger partial charge in [0.05, 0.1) is 11.1 Å². The molecule has 0 unspecified atom stereocenters. The lowest BCUT2D eigenvalue weighted by molar-refractivity contribution is -0.155. The van der Waals surface area contributed by atoms with Crippen LogP contribution >= 0.6 is 0 Å². The van der Waals surface area contributed by atoms with Gasteiger partial charge in [0.15, 0.2) is 12.7 Å². The van der Waals surface area contributed by atoms with Crippen LogP contribution in [0.1, 0.15) is 18.1 Å². The molecule has 0 saturated carbocycles. The van der Waals surface area contributed by atoms with Gasteiger partial charge in [-0.15, -0.1) is 0 Å². The van der Waals surface area contributed by atoms with Gasteiger partial charge in [0.25, 0.3) is 5.91 Å². The van der Waals surface area contributed by atoms with Gasteiger partial charge in [-0.05, 0) is 43.3 Å². The molecule has 1 atom stereocenters. The Morgan fingerprint density at radius 1 is 1.14 bits per heavy atom. The zero-order chi connectivity index (χ0) is 20.7. The minimum absolute atomic E-state index is 0.125. The normalized spacial score (nSPS) is 11.8. The number of rotatable bonds is 6. The molecule has 0 heterocycles. The van der Waals surface area contributed by atoms with E-state index in [1.807, 2.05) is 6.07 Å². The Morgan fingerprint density at radius 3 is 2.39 bits per heavy atom. The van der Waals surface area contributed by atoms with Crippen molar-refractivity contribution < 1.29 is 32.2 Å². The quantitative estimate of drug-likeness (QED) is 0.760. The van der Waals surface area contributed by atoms with Crippen molar-refractivity contribution in [2.24, 2.45) is 0 Å². The van der Waals surface area contributed by atoms with E-state index in [0.717, 1.165) is 24.3 Å². The first-order valence-electron chi connectivity index (χ1n) is 8.00. The summed E-state index contributed by atoms with van der Waals surface area (Å²) >= 11 is 0. The first kappa shape index (κ1) is 20.8. The molecular weight excluding hydrogens is 377 g/mol. The number of halogens is 3. The van der Waals surface area contributed by atoms with Gasteiger partial charge in [0.2, 0.25) is 0 Å². The average molecular weight is 392 g/mol. The lowest BCUT2D eigenvalue weighted by Crippen LogP contribution is -2.31. The Bertz CT molecular complexity index is 889. The molecule has 0 aliphatic carbocycles. The summed E-state index contributed by atoms with van der Waals surface area (Å²) in [5, 5.41) is 11.3. The second-order valence-electron chi connectivity index (χ2n) is 5.59. The van der Waals surface area contributed by atoms with E-state index in [2.05, 4.69) is 5.32 Å². The Kier molecular flexibility index (Phi) is 6.60. The topological polar surface area (TPSA) is 88.4 Å². The molecule has 0 aliphatic rings. The van der Waals surface area contributed by atoms with Gasteiger partial charge < -0.3 is 14.8 Å². The summed E-state index contributed by atoms with van der Waals surface area (Å²) in [6.07, 6.45) is -5.68. The number of benzene rings is 2. The number of carbonyl (C=O) groups excluding carboxylic acids is 2. The maximum Gasteiger partial charge on any atom is 0.416 e. The van der Waals surface area contributed by atoms with E-state index in [0.29, 0.717) is 0 Å². The molecule has 2 aromatic rings. The van der Waals surface area contributed by atoms with Crippen LogP contribution in [0.2, 0.25) is 0 Å². The lowest BCUT2D eigenvalue weighted by Gasteiger charge is -2.14. The average Bonchev–Trinajstić information content (AvgIpc) is 2.66. The van der Waals surface area contributed by atoms with E-state index in [1.54, 1.807) is 12.1 Å². The minimum atomic E-state index is -4.48. The predicted molar refractivity (Wildman–Crippen MR) is 92.3 cm³/mol. The Morgan fingerprint density at radius 2 is 1.79 bits per heavy atom. The van der Waals surface area contributed by atoms with Crippen LogP contribution in [-0.2, 0) is 20.5 Å². The summed E-state index contributed by atoms with van der Waals surface area (Å²) in [7, 11) is 0. The summed E-state index contributed by atoms with van der Waals surface area (Å²) in [4.78, 5) is 23.8. The molecule has 2 rings (SSSR count). The highest BCUT2D eigenvalue weighted by molar-refractivity contribution is 5.95. The van der Waals surface area contributed by atoms with Crippen LogP contribution in [0.3, 0.4) is 0 Å². The van der Waals surface area contributed by atoms with E-state index in [-0.39, 0.29) is 17.0 Å². The molecule has 0 bridgehead atoms. The SMILES string of the molecule is C[C@H](OC(=O)COc1ccccc1C#N)C(=O)Nc1ccc(C(F)(F)F)cc1. The summed E-state index contributed by atoms with van der Waals surface area (Å²) in [5.74, 6) is -1.36. The molecular formula is C19H15F3N2O4. The lowest BCUT2D eigenvalue weighted by atomic mass is 10.2. The first-order chi connectivity index (χ1) is 13.2. The van der Waals surface area contributed by atoms with Crippen LogP contribution < -0.4 is 10.1 Å². The number of ether oxygens (including phenoxy) is 2. The third-order valence-corrected chi connectivity index (χ3v) is 3.51. The summed E-state index contributed by atoms with van der Waals surface area (Å²) in [6, 6.07) is 12.0. The fourth-order valence-electron chi connectivity index (χ4n) is 2.09. The zero-order valence-electron chi connectivity index (χ0n) is 14.6. The zero-order valence-corrected chi connectivity index (χ0v) is 14.6. The van der Waals surface area contributed by atoms with E-state index < -0.39 is 36.3 Å².